The summed E-state index contributed by atoms with van der Waals surface area (Å²) in [5.74, 6) is 1.37. The monoisotopic (exact) mass is 528 g/mol. The molecule has 0 bridgehead atoms. The van der Waals surface area contributed by atoms with Gasteiger partial charge in [0.2, 0.25) is 5.88 Å². The molecule has 4 atom stereocenters. The maximum Gasteiger partial charge on any atom is 0.422 e. The Bertz CT molecular complexity index is 1300. The van der Waals surface area contributed by atoms with Crippen molar-refractivity contribution < 1.29 is 27.5 Å². The third-order valence-electron chi connectivity index (χ3n) is 8.68. The maximum atomic E-state index is 13.3. The molecule has 200 valence electrons. The lowest BCUT2D eigenvalue weighted by Gasteiger charge is -2.42. The van der Waals surface area contributed by atoms with Crippen molar-refractivity contribution in [3.63, 3.8) is 0 Å². The van der Waals surface area contributed by atoms with Crippen molar-refractivity contribution in [2.75, 3.05) is 43.6 Å². The van der Waals surface area contributed by atoms with Crippen LogP contribution in [0.5, 0.6) is 5.88 Å². The van der Waals surface area contributed by atoms with Crippen LogP contribution >= 0.6 is 0 Å². The summed E-state index contributed by atoms with van der Waals surface area (Å²) in [4.78, 5) is 34.4. The number of pyridine rings is 1. The number of anilines is 2. The van der Waals surface area contributed by atoms with Gasteiger partial charge in [0, 0.05) is 43.5 Å². The number of hydrazine groups is 2. The van der Waals surface area contributed by atoms with Crippen molar-refractivity contribution in [2.45, 2.75) is 24.9 Å². The summed E-state index contributed by atoms with van der Waals surface area (Å²) in [6, 6.07) is 7.21. The Kier molecular flexibility index (Phi) is 5.26. The maximum absolute atomic E-state index is 13.3. The SMILES string of the molecule is O=C(c1cnc(OCC(F)(F)F)c(C2CC2)c1)N1CC2C(C1)[C@@H]1CN(C(=O)c3ccc4c(c3)NNN4)C[C@H]21. The number of alkyl halides is 3. The highest BCUT2D eigenvalue weighted by Gasteiger charge is 2.59. The van der Waals surface area contributed by atoms with E-state index in [1.807, 2.05) is 28.0 Å². The van der Waals surface area contributed by atoms with Crippen LogP contribution in [0.25, 0.3) is 0 Å². The van der Waals surface area contributed by atoms with E-state index < -0.39 is 12.8 Å². The van der Waals surface area contributed by atoms with Gasteiger partial charge in [-0.15, -0.1) is 5.53 Å². The van der Waals surface area contributed by atoms with E-state index in [2.05, 4.69) is 21.4 Å². The third kappa shape index (κ3) is 4.01. The lowest BCUT2D eigenvalue weighted by molar-refractivity contribution is -0.154. The van der Waals surface area contributed by atoms with E-state index in [1.165, 1.54) is 6.20 Å². The summed E-state index contributed by atoms with van der Waals surface area (Å²) in [6.07, 6.45) is -1.41. The van der Waals surface area contributed by atoms with Crippen molar-refractivity contribution >= 4 is 23.2 Å². The number of nitrogens with one attached hydrogen (secondary N) is 3. The average Bonchev–Trinajstić information content (AvgIpc) is 3.33. The number of rotatable bonds is 5. The molecule has 3 aliphatic heterocycles. The molecule has 1 aromatic carbocycles. The highest BCUT2D eigenvalue weighted by molar-refractivity contribution is 5.97. The first-order valence-corrected chi connectivity index (χ1v) is 12.9. The number of hydrogen-bond acceptors (Lipinski definition) is 7. The molecule has 2 amide bonds. The van der Waals surface area contributed by atoms with Gasteiger partial charge in [0.05, 0.1) is 16.9 Å². The third-order valence-corrected chi connectivity index (χ3v) is 8.68. The zero-order chi connectivity index (χ0) is 26.2. The predicted molar refractivity (Wildman–Crippen MR) is 130 cm³/mol. The molecule has 7 rings (SSSR count). The second-order valence-electron chi connectivity index (χ2n) is 11.0. The van der Waals surface area contributed by atoms with Gasteiger partial charge >= 0.3 is 6.18 Å². The van der Waals surface area contributed by atoms with E-state index in [9.17, 15) is 22.8 Å². The van der Waals surface area contributed by atoms with Gasteiger partial charge in [-0.3, -0.25) is 9.59 Å². The van der Waals surface area contributed by atoms with Gasteiger partial charge in [-0.2, -0.15) is 13.2 Å². The Morgan fingerprint density at radius 3 is 2.11 bits per heavy atom. The van der Waals surface area contributed by atoms with Crippen LogP contribution in [0, 0.1) is 23.7 Å². The van der Waals surface area contributed by atoms with Crippen LogP contribution in [0.2, 0.25) is 0 Å². The fraction of sp³-hybridized carbons (Fsp3) is 0.500. The van der Waals surface area contributed by atoms with E-state index in [1.54, 1.807) is 6.07 Å². The van der Waals surface area contributed by atoms with Crippen LogP contribution in [0.4, 0.5) is 24.5 Å². The predicted octanol–water partition coefficient (Wildman–Crippen LogP) is 3.25. The van der Waals surface area contributed by atoms with Crippen LogP contribution in [0.1, 0.15) is 45.0 Å². The van der Waals surface area contributed by atoms with Crippen molar-refractivity contribution in [3.05, 3.63) is 47.2 Å². The van der Waals surface area contributed by atoms with E-state index >= 15 is 0 Å². The molecule has 3 N–H and O–H groups in total. The zero-order valence-electron chi connectivity index (χ0n) is 20.4. The summed E-state index contributed by atoms with van der Waals surface area (Å²) in [7, 11) is 0. The minimum Gasteiger partial charge on any atom is -0.468 e. The molecule has 2 aliphatic carbocycles. The van der Waals surface area contributed by atoms with Crippen molar-refractivity contribution in [2.24, 2.45) is 23.7 Å². The molecule has 4 fully saturated rings. The van der Waals surface area contributed by atoms with Gasteiger partial charge < -0.3 is 25.4 Å². The number of carbonyl (C=O) groups excluding carboxylic acids is 2. The van der Waals surface area contributed by atoms with Gasteiger partial charge in [0.15, 0.2) is 6.61 Å². The van der Waals surface area contributed by atoms with Crippen LogP contribution in [-0.4, -0.2) is 65.6 Å². The Labute approximate surface area is 216 Å². The number of fused-ring (bicyclic) bond motifs is 5. The lowest BCUT2D eigenvalue weighted by Crippen LogP contribution is -2.44. The van der Waals surface area contributed by atoms with Crippen molar-refractivity contribution in [1.29, 1.82) is 0 Å². The molecule has 2 aromatic rings. The Hall–Kier alpha value is -3.54. The second-order valence-corrected chi connectivity index (χ2v) is 11.0. The minimum absolute atomic E-state index is 0.0217. The number of hydrogen-bond donors (Lipinski definition) is 3. The molecule has 0 spiro atoms. The number of aromatic nitrogens is 1. The highest BCUT2D eigenvalue weighted by atomic mass is 19.4. The fourth-order valence-electron chi connectivity index (χ4n) is 6.67. The van der Waals surface area contributed by atoms with Crippen LogP contribution in [0.15, 0.2) is 30.5 Å². The number of halogens is 3. The number of amides is 2. The summed E-state index contributed by atoms with van der Waals surface area (Å²) < 4.78 is 42.9. The van der Waals surface area contributed by atoms with E-state index in [-0.39, 0.29) is 23.6 Å². The minimum atomic E-state index is -4.45. The Balaban J connectivity index is 1.000. The van der Waals surface area contributed by atoms with Gasteiger partial charge in [-0.05, 0) is 66.7 Å². The smallest absolute Gasteiger partial charge is 0.422 e. The van der Waals surface area contributed by atoms with Gasteiger partial charge in [0.1, 0.15) is 0 Å². The number of benzene rings is 1. The summed E-state index contributed by atoms with van der Waals surface area (Å²) in [5.41, 5.74) is 12.1. The molecule has 4 heterocycles. The molecule has 0 radical (unpaired) electrons. The van der Waals surface area contributed by atoms with E-state index in [0.29, 0.717) is 66.5 Å². The zero-order valence-corrected chi connectivity index (χ0v) is 20.4. The molecule has 38 heavy (non-hydrogen) atoms. The van der Waals surface area contributed by atoms with Crippen LogP contribution in [0.3, 0.4) is 0 Å². The quantitative estimate of drug-likeness (QED) is 0.548. The summed E-state index contributed by atoms with van der Waals surface area (Å²) in [5, 5.41) is 0. The molecule has 5 aliphatic rings. The fourth-order valence-corrected chi connectivity index (χ4v) is 6.67. The van der Waals surface area contributed by atoms with Gasteiger partial charge in [0.25, 0.3) is 11.8 Å². The number of carbonyl (C=O) groups is 2. The molecule has 2 saturated heterocycles. The second kappa shape index (κ2) is 8.48. The van der Waals surface area contributed by atoms with Gasteiger partial charge in [-0.25, -0.2) is 4.98 Å². The highest BCUT2D eigenvalue weighted by Crippen LogP contribution is 2.54. The average molecular weight is 529 g/mol. The molecule has 9 nitrogen and oxygen atoms in total. The molecular weight excluding hydrogens is 501 g/mol. The number of likely N-dealkylation sites (tertiary alicyclic amines) is 2. The van der Waals surface area contributed by atoms with Crippen LogP contribution < -0.4 is 21.1 Å². The van der Waals surface area contributed by atoms with Crippen molar-refractivity contribution in [1.82, 2.24) is 20.3 Å². The molecular formula is C26H27F3N6O3. The summed E-state index contributed by atoms with van der Waals surface area (Å²) >= 11 is 0. The van der Waals surface area contributed by atoms with Crippen LogP contribution in [-0.2, 0) is 0 Å². The normalized spacial score (nSPS) is 27.1. The molecule has 1 aromatic heterocycles. The molecule has 12 heteroatoms. The first-order chi connectivity index (χ1) is 18.2. The van der Waals surface area contributed by atoms with Gasteiger partial charge in [-0.1, -0.05) is 0 Å². The summed E-state index contributed by atoms with van der Waals surface area (Å²) in [6.45, 7) is 1.22. The lowest BCUT2D eigenvalue weighted by atomic mass is 9.60. The first-order valence-electron chi connectivity index (χ1n) is 12.9. The number of ether oxygens (including phenoxy) is 1. The Morgan fingerprint density at radius 2 is 1.50 bits per heavy atom. The molecule has 2 unspecified atom stereocenters. The Morgan fingerprint density at radius 1 is 0.895 bits per heavy atom. The molecule has 2 saturated carbocycles. The first kappa shape index (κ1) is 23.6. The van der Waals surface area contributed by atoms with E-state index in [0.717, 1.165) is 24.2 Å². The topological polar surface area (TPSA) is 98.8 Å². The number of nitrogens with zero attached hydrogens (tertiary/aromatic N) is 3. The standard InChI is InChI=1S/C26H27F3N6O3/c27-26(28,29)12-38-23-16(13-1-2-13)5-15(7-30-23)25(37)35-10-19-17-8-34(9-18(17)20(19)11-35)24(36)14-3-4-21-22(6-14)32-33-31-21/h3-7,13,17-20,31-33H,1-2,8-12H2/t17-,18+,19?,20?. The van der Waals surface area contributed by atoms with Crippen molar-refractivity contribution in [3.8, 4) is 5.88 Å². The largest absolute Gasteiger partial charge is 0.468 e. The van der Waals surface area contributed by atoms with E-state index in [4.69, 9.17) is 4.74 Å².